The predicted molar refractivity (Wildman–Crippen MR) is 176 cm³/mol. The van der Waals surface area contributed by atoms with Crippen LogP contribution in [0.5, 0.6) is 0 Å². The van der Waals surface area contributed by atoms with Gasteiger partial charge in [0.25, 0.3) is 10.0 Å². The number of hydrogen-bond acceptors (Lipinski definition) is 4. The second-order valence-electron chi connectivity index (χ2n) is 11.1. The molecule has 0 unspecified atom stereocenters. The summed E-state index contributed by atoms with van der Waals surface area (Å²) in [5, 5.41) is 2.98. The van der Waals surface area contributed by atoms with E-state index in [9.17, 15) is 18.0 Å². The van der Waals surface area contributed by atoms with E-state index >= 15 is 0 Å². The molecular weight excluding hydrogens is 570 g/mol. The molecule has 1 N–H and O–H groups in total. The number of carbonyl (C=O) groups is 2. The number of carbonyl (C=O) groups excluding carboxylic acids is 2. The highest BCUT2D eigenvalue weighted by Gasteiger charge is 2.34. The van der Waals surface area contributed by atoms with E-state index in [0.717, 1.165) is 38.5 Å². The fourth-order valence-corrected chi connectivity index (χ4v) is 6.45. The van der Waals surface area contributed by atoms with Crippen molar-refractivity contribution in [1.82, 2.24) is 10.2 Å². The quantitative estimate of drug-likeness (QED) is 0.202. The minimum atomic E-state index is -4.13. The average molecular weight is 612 g/mol. The van der Waals surface area contributed by atoms with Crippen molar-refractivity contribution in [2.75, 3.05) is 17.4 Å². The molecule has 1 atom stereocenters. The Morgan fingerprint density at radius 2 is 1.48 bits per heavy atom. The summed E-state index contributed by atoms with van der Waals surface area (Å²) in [6, 6.07) is 30.1. The molecule has 7 nitrogen and oxygen atoms in total. The fourth-order valence-electron chi connectivity index (χ4n) is 5.04. The third kappa shape index (κ3) is 8.14. The van der Waals surface area contributed by atoms with Crippen molar-refractivity contribution in [2.24, 2.45) is 0 Å². The van der Waals surface area contributed by atoms with E-state index in [2.05, 4.69) is 5.32 Å². The molecule has 44 heavy (non-hydrogen) atoms. The van der Waals surface area contributed by atoms with Gasteiger partial charge in [0.1, 0.15) is 12.6 Å². The van der Waals surface area contributed by atoms with Gasteiger partial charge in [-0.05, 0) is 73.7 Å². The highest BCUT2D eigenvalue weighted by Crippen LogP contribution is 2.26. The smallest absolute Gasteiger partial charge is 0.264 e. The Morgan fingerprint density at radius 3 is 2.14 bits per heavy atom. The van der Waals surface area contributed by atoms with E-state index in [1.54, 1.807) is 42.5 Å². The van der Waals surface area contributed by atoms with Crippen LogP contribution >= 0.6 is 0 Å². The van der Waals surface area contributed by atoms with Crippen molar-refractivity contribution >= 4 is 27.5 Å². The van der Waals surface area contributed by atoms with Gasteiger partial charge in [-0.2, -0.15) is 0 Å². The van der Waals surface area contributed by atoms with Crippen molar-refractivity contribution in [3.63, 3.8) is 0 Å². The van der Waals surface area contributed by atoms with Crippen LogP contribution in [-0.4, -0.2) is 44.3 Å². The number of amides is 2. The Balaban J connectivity index is 1.80. The summed E-state index contributed by atoms with van der Waals surface area (Å²) in [7, 11) is -4.13. The Morgan fingerprint density at radius 1 is 0.795 bits per heavy atom. The topological polar surface area (TPSA) is 86.8 Å². The van der Waals surface area contributed by atoms with Crippen LogP contribution in [0.3, 0.4) is 0 Å². The van der Waals surface area contributed by atoms with Crippen LogP contribution in [0.15, 0.2) is 108 Å². The Kier molecular flexibility index (Phi) is 11.0. The number of nitrogens with zero attached hydrogens (tertiary/aromatic N) is 2. The zero-order chi connectivity index (χ0) is 31.7. The van der Waals surface area contributed by atoms with E-state index in [-0.39, 0.29) is 23.8 Å². The molecule has 8 heteroatoms. The van der Waals surface area contributed by atoms with Crippen molar-refractivity contribution in [2.45, 2.75) is 58.0 Å². The Labute approximate surface area is 261 Å². The second-order valence-corrected chi connectivity index (χ2v) is 13.0. The summed E-state index contributed by atoms with van der Waals surface area (Å²) >= 11 is 0. The number of hydrogen-bond donors (Lipinski definition) is 1. The van der Waals surface area contributed by atoms with Gasteiger partial charge in [-0.3, -0.25) is 13.9 Å². The minimum absolute atomic E-state index is 0.0874. The molecular formula is C36H41N3O4S. The van der Waals surface area contributed by atoms with Gasteiger partial charge >= 0.3 is 0 Å². The van der Waals surface area contributed by atoms with Crippen molar-refractivity contribution < 1.29 is 18.0 Å². The first-order chi connectivity index (χ1) is 21.1. The summed E-state index contributed by atoms with van der Waals surface area (Å²) in [5.41, 5.74) is 4.91. The zero-order valence-corrected chi connectivity index (χ0v) is 26.7. The molecule has 0 radical (unpaired) electrons. The lowest BCUT2D eigenvalue weighted by Gasteiger charge is -2.34. The molecule has 0 saturated carbocycles. The summed E-state index contributed by atoms with van der Waals surface area (Å²) in [4.78, 5) is 29.9. The lowest BCUT2D eigenvalue weighted by Crippen LogP contribution is -2.53. The van der Waals surface area contributed by atoms with Gasteiger partial charge in [-0.1, -0.05) is 91.3 Å². The van der Waals surface area contributed by atoms with E-state index in [1.165, 1.54) is 4.90 Å². The maximum absolute atomic E-state index is 14.5. The number of sulfonamides is 1. The summed E-state index contributed by atoms with van der Waals surface area (Å²) in [6.07, 6.45) is 1.02. The third-order valence-corrected chi connectivity index (χ3v) is 9.39. The van der Waals surface area contributed by atoms with Gasteiger partial charge in [0.2, 0.25) is 11.8 Å². The van der Waals surface area contributed by atoms with Crippen LogP contribution in [0.2, 0.25) is 0 Å². The van der Waals surface area contributed by atoms with E-state index in [1.807, 2.05) is 88.4 Å². The van der Waals surface area contributed by atoms with Gasteiger partial charge in [0, 0.05) is 19.5 Å². The molecule has 0 heterocycles. The zero-order valence-electron chi connectivity index (χ0n) is 25.9. The Hall–Kier alpha value is -4.43. The standard InChI is InChI=1S/C36H41N3O4S/c1-5-22-37-36(41)34(24-30-14-7-6-8-15-30)38(25-31-16-10-9-13-29(31)4)35(40)26-39(32-17-11-12-28(3)23-32)44(42,43)33-20-18-27(2)19-21-33/h6-21,23,34H,5,22,24-26H2,1-4H3,(H,37,41)/t34-/m0/s1. The van der Waals surface area contributed by atoms with Gasteiger partial charge < -0.3 is 10.2 Å². The van der Waals surface area contributed by atoms with Gasteiger partial charge in [0.15, 0.2) is 0 Å². The molecule has 0 aliphatic rings. The second kappa shape index (κ2) is 14.8. The molecule has 2 amide bonds. The first kappa shape index (κ1) is 32.5. The predicted octanol–water partition coefficient (Wildman–Crippen LogP) is 5.97. The summed E-state index contributed by atoms with van der Waals surface area (Å²) < 4.78 is 29.4. The molecule has 0 saturated heterocycles. The maximum atomic E-state index is 14.5. The molecule has 4 aromatic rings. The normalized spacial score (nSPS) is 11.9. The van der Waals surface area contributed by atoms with Crippen LogP contribution in [0.1, 0.15) is 41.2 Å². The molecule has 0 aromatic heterocycles. The highest BCUT2D eigenvalue weighted by molar-refractivity contribution is 7.92. The molecule has 0 spiro atoms. The first-order valence-electron chi connectivity index (χ1n) is 14.9. The third-order valence-electron chi connectivity index (χ3n) is 7.60. The van der Waals surface area contributed by atoms with Crippen LogP contribution in [0.25, 0.3) is 0 Å². The molecule has 230 valence electrons. The molecule has 0 aliphatic carbocycles. The van der Waals surface area contributed by atoms with Crippen LogP contribution < -0.4 is 9.62 Å². The number of anilines is 1. The molecule has 0 aliphatic heterocycles. The SMILES string of the molecule is CCCNC(=O)[C@H](Cc1ccccc1)N(Cc1ccccc1C)C(=O)CN(c1cccc(C)c1)S(=O)(=O)c1ccc(C)cc1. The largest absolute Gasteiger partial charge is 0.354 e. The number of rotatable bonds is 13. The number of benzene rings is 4. The minimum Gasteiger partial charge on any atom is -0.354 e. The Bertz CT molecular complexity index is 1670. The molecule has 0 fully saturated rings. The van der Waals surface area contributed by atoms with E-state index in [4.69, 9.17) is 0 Å². The van der Waals surface area contributed by atoms with Crippen LogP contribution in [0.4, 0.5) is 5.69 Å². The summed E-state index contributed by atoms with van der Waals surface area (Å²) in [6.45, 7) is 7.83. The number of nitrogens with one attached hydrogen (secondary N) is 1. The van der Waals surface area contributed by atoms with E-state index < -0.39 is 28.5 Å². The number of aryl methyl sites for hydroxylation is 3. The fraction of sp³-hybridized carbons (Fsp3) is 0.278. The monoisotopic (exact) mass is 611 g/mol. The van der Waals surface area contributed by atoms with Crippen molar-refractivity contribution in [3.05, 3.63) is 131 Å². The van der Waals surface area contributed by atoms with Crippen LogP contribution in [0, 0.1) is 20.8 Å². The van der Waals surface area contributed by atoms with Crippen molar-refractivity contribution in [1.29, 1.82) is 0 Å². The average Bonchev–Trinajstić information content (AvgIpc) is 3.01. The summed E-state index contributed by atoms with van der Waals surface area (Å²) in [5.74, 6) is -0.751. The van der Waals surface area contributed by atoms with Gasteiger partial charge in [-0.25, -0.2) is 8.42 Å². The lowest BCUT2D eigenvalue weighted by molar-refractivity contribution is -0.140. The lowest BCUT2D eigenvalue weighted by atomic mass is 10.0. The molecule has 4 rings (SSSR count). The van der Waals surface area contributed by atoms with E-state index in [0.29, 0.717) is 12.2 Å². The van der Waals surface area contributed by atoms with Crippen LogP contribution in [-0.2, 0) is 32.6 Å². The van der Waals surface area contributed by atoms with Gasteiger partial charge in [-0.15, -0.1) is 0 Å². The first-order valence-corrected chi connectivity index (χ1v) is 16.4. The molecule has 4 aromatic carbocycles. The van der Waals surface area contributed by atoms with Gasteiger partial charge in [0.05, 0.1) is 10.6 Å². The highest BCUT2D eigenvalue weighted by atomic mass is 32.2. The van der Waals surface area contributed by atoms with Crippen molar-refractivity contribution in [3.8, 4) is 0 Å². The molecule has 0 bridgehead atoms. The maximum Gasteiger partial charge on any atom is 0.264 e.